The Labute approximate surface area is 253 Å². The maximum Gasteiger partial charge on any atom is 0.337 e. The summed E-state index contributed by atoms with van der Waals surface area (Å²) in [6, 6.07) is 11.0. The molecule has 43 heavy (non-hydrogen) atoms. The standard InChI is InChI=1S/C35H42F2N2O4/c1-21-29(32(33(40)41)43-34(2,3)4)30(39-17-15-35(5,6)16-18-39)26(20-38-21)24-11-14-28(27(37)19-24)42-31(22-7-8-22)23-9-12-25(36)13-10-23/h9-14,19-20,22,31-32H,7-8,15-18H2,1-6H3,(H,40,41)/t31?,32-/m0/s1. The van der Waals surface area contributed by atoms with Crippen LogP contribution in [-0.4, -0.2) is 34.8 Å². The zero-order chi connectivity index (χ0) is 31.1. The van der Waals surface area contributed by atoms with Crippen molar-refractivity contribution in [2.45, 2.75) is 85.0 Å². The summed E-state index contributed by atoms with van der Waals surface area (Å²) in [5.74, 6) is -1.59. The molecule has 2 atom stereocenters. The van der Waals surface area contributed by atoms with Gasteiger partial charge in [-0.1, -0.05) is 32.0 Å². The van der Waals surface area contributed by atoms with Crippen molar-refractivity contribution >= 4 is 11.7 Å². The first-order valence-electron chi connectivity index (χ1n) is 15.1. The number of rotatable bonds is 9. The molecule has 3 aromatic rings. The van der Waals surface area contributed by atoms with Gasteiger partial charge < -0.3 is 19.5 Å². The topological polar surface area (TPSA) is 71.9 Å². The van der Waals surface area contributed by atoms with Gasteiger partial charge in [0.2, 0.25) is 0 Å². The lowest BCUT2D eigenvalue weighted by molar-refractivity contribution is -0.160. The maximum atomic E-state index is 15.8. The van der Waals surface area contributed by atoms with E-state index in [4.69, 9.17) is 9.47 Å². The van der Waals surface area contributed by atoms with E-state index < -0.39 is 23.5 Å². The lowest BCUT2D eigenvalue weighted by Gasteiger charge is -2.41. The van der Waals surface area contributed by atoms with E-state index in [-0.39, 0.29) is 29.0 Å². The van der Waals surface area contributed by atoms with Crippen LogP contribution < -0.4 is 9.64 Å². The Morgan fingerprint density at radius 2 is 1.72 bits per heavy atom. The number of carbonyl (C=O) groups is 1. The smallest absolute Gasteiger partial charge is 0.337 e. The number of piperidine rings is 1. The Kier molecular flexibility index (Phi) is 8.54. The zero-order valence-electron chi connectivity index (χ0n) is 25.9. The summed E-state index contributed by atoms with van der Waals surface area (Å²) >= 11 is 0. The van der Waals surface area contributed by atoms with Gasteiger partial charge in [-0.2, -0.15) is 0 Å². The fourth-order valence-electron chi connectivity index (χ4n) is 5.78. The van der Waals surface area contributed by atoms with Gasteiger partial charge >= 0.3 is 5.97 Å². The van der Waals surface area contributed by atoms with Crippen molar-refractivity contribution in [1.29, 1.82) is 0 Å². The van der Waals surface area contributed by atoms with Crippen molar-refractivity contribution in [1.82, 2.24) is 4.98 Å². The third kappa shape index (κ3) is 7.18. The second kappa shape index (κ2) is 11.9. The highest BCUT2D eigenvalue weighted by atomic mass is 19.1. The lowest BCUT2D eigenvalue weighted by Crippen LogP contribution is -2.39. The molecule has 0 bridgehead atoms. The first-order chi connectivity index (χ1) is 20.2. The minimum absolute atomic E-state index is 0.117. The second-order valence-corrected chi connectivity index (χ2v) is 13.7. The van der Waals surface area contributed by atoms with Gasteiger partial charge in [-0.15, -0.1) is 0 Å². The van der Waals surface area contributed by atoms with Crippen LogP contribution in [0.15, 0.2) is 48.7 Å². The van der Waals surface area contributed by atoms with Gasteiger partial charge in [0.25, 0.3) is 0 Å². The number of carboxylic acid groups (broad SMARTS) is 1. The summed E-state index contributed by atoms with van der Waals surface area (Å²) < 4.78 is 41.6. The Bertz CT molecular complexity index is 1470. The van der Waals surface area contributed by atoms with Gasteiger partial charge in [0, 0.05) is 42.0 Å². The van der Waals surface area contributed by atoms with E-state index in [1.165, 1.54) is 18.2 Å². The summed E-state index contributed by atoms with van der Waals surface area (Å²) in [5, 5.41) is 10.3. The van der Waals surface area contributed by atoms with E-state index in [1.54, 1.807) is 37.4 Å². The summed E-state index contributed by atoms with van der Waals surface area (Å²) in [6.07, 6.45) is 3.88. The van der Waals surface area contributed by atoms with Crippen molar-refractivity contribution < 1.29 is 28.2 Å². The van der Waals surface area contributed by atoms with Crippen LogP contribution in [0.2, 0.25) is 0 Å². The molecule has 8 heteroatoms. The highest BCUT2D eigenvalue weighted by Gasteiger charge is 2.37. The Balaban J connectivity index is 1.56. The van der Waals surface area contributed by atoms with E-state index in [1.807, 2.05) is 20.8 Å². The number of hydrogen-bond donors (Lipinski definition) is 1. The number of halogens is 2. The average Bonchev–Trinajstić information content (AvgIpc) is 3.77. The molecule has 0 amide bonds. The van der Waals surface area contributed by atoms with Gasteiger partial charge in [0.15, 0.2) is 17.7 Å². The monoisotopic (exact) mass is 592 g/mol. The molecular weight excluding hydrogens is 550 g/mol. The minimum Gasteiger partial charge on any atom is -0.482 e. The lowest BCUT2D eigenvalue weighted by atomic mass is 9.82. The number of anilines is 1. The van der Waals surface area contributed by atoms with E-state index in [9.17, 15) is 14.3 Å². The average molecular weight is 593 g/mol. The molecule has 1 saturated heterocycles. The van der Waals surface area contributed by atoms with E-state index in [2.05, 4.69) is 23.7 Å². The van der Waals surface area contributed by atoms with Crippen LogP contribution in [0.1, 0.15) is 89.3 Å². The largest absolute Gasteiger partial charge is 0.482 e. The molecule has 0 spiro atoms. The molecule has 1 unspecified atom stereocenters. The van der Waals surface area contributed by atoms with Gasteiger partial charge in [0.05, 0.1) is 11.3 Å². The number of aromatic nitrogens is 1. The Morgan fingerprint density at radius 3 is 2.28 bits per heavy atom. The number of hydrogen-bond acceptors (Lipinski definition) is 5. The van der Waals surface area contributed by atoms with Crippen LogP contribution in [0.5, 0.6) is 5.75 Å². The number of benzene rings is 2. The van der Waals surface area contributed by atoms with Crippen LogP contribution in [0.4, 0.5) is 14.5 Å². The van der Waals surface area contributed by atoms with Crippen LogP contribution >= 0.6 is 0 Å². The predicted octanol–water partition coefficient (Wildman–Crippen LogP) is 8.43. The summed E-state index contributed by atoms with van der Waals surface area (Å²) in [5.41, 5.74) is 3.25. The predicted molar refractivity (Wildman–Crippen MR) is 163 cm³/mol. The van der Waals surface area contributed by atoms with Gasteiger partial charge in [-0.3, -0.25) is 4.98 Å². The summed E-state index contributed by atoms with van der Waals surface area (Å²) in [7, 11) is 0. The van der Waals surface area contributed by atoms with Crippen molar-refractivity contribution in [3.05, 3.63) is 77.1 Å². The number of nitrogens with zero attached hydrogens (tertiary/aromatic N) is 2. The van der Waals surface area contributed by atoms with Crippen LogP contribution in [0.25, 0.3) is 11.1 Å². The normalized spacial score (nSPS) is 18.3. The highest BCUT2D eigenvalue weighted by Crippen LogP contribution is 2.46. The number of aryl methyl sites for hydroxylation is 1. The maximum absolute atomic E-state index is 15.8. The minimum atomic E-state index is -1.25. The van der Waals surface area contributed by atoms with Gasteiger partial charge in [0.1, 0.15) is 11.9 Å². The fourth-order valence-corrected chi connectivity index (χ4v) is 5.78. The molecule has 6 nitrogen and oxygen atoms in total. The Hall–Kier alpha value is -3.52. The third-order valence-corrected chi connectivity index (χ3v) is 8.42. The molecule has 1 aromatic heterocycles. The van der Waals surface area contributed by atoms with Crippen LogP contribution in [0.3, 0.4) is 0 Å². The molecule has 5 rings (SSSR count). The number of ether oxygens (including phenoxy) is 2. The summed E-state index contributed by atoms with van der Waals surface area (Å²) in [6.45, 7) is 13.2. The fraction of sp³-hybridized carbons (Fsp3) is 0.486. The molecule has 1 saturated carbocycles. The highest BCUT2D eigenvalue weighted by molar-refractivity contribution is 5.86. The van der Waals surface area contributed by atoms with Crippen molar-refractivity contribution in [3.8, 4) is 16.9 Å². The van der Waals surface area contributed by atoms with E-state index in [0.717, 1.165) is 50.0 Å². The van der Waals surface area contributed by atoms with E-state index in [0.29, 0.717) is 22.4 Å². The quantitative estimate of drug-likeness (QED) is 0.269. The molecule has 2 aliphatic rings. The molecule has 0 radical (unpaired) electrons. The van der Waals surface area contributed by atoms with Gasteiger partial charge in [-0.25, -0.2) is 13.6 Å². The van der Waals surface area contributed by atoms with Crippen molar-refractivity contribution in [3.63, 3.8) is 0 Å². The molecule has 1 N–H and O–H groups in total. The van der Waals surface area contributed by atoms with E-state index >= 15 is 4.39 Å². The third-order valence-electron chi connectivity index (χ3n) is 8.42. The molecule has 2 fully saturated rings. The molecule has 1 aliphatic heterocycles. The molecule has 2 aromatic carbocycles. The molecular formula is C35H42F2N2O4. The first-order valence-corrected chi connectivity index (χ1v) is 15.1. The van der Waals surface area contributed by atoms with Crippen molar-refractivity contribution in [2.24, 2.45) is 11.3 Å². The van der Waals surface area contributed by atoms with Crippen LogP contribution in [0, 0.1) is 29.9 Å². The van der Waals surface area contributed by atoms with Crippen molar-refractivity contribution in [2.75, 3.05) is 18.0 Å². The SMILES string of the molecule is Cc1ncc(-c2ccc(OC(c3ccc(F)cc3)C3CC3)c(F)c2)c(N2CCC(C)(C)CC2)c1[C@H](OC(C)(C)C)C(=O)O. The number of carboxylic acids is 1. The van der Waals surface area contributed by atoms with Crippen LogP contribution in [-0.2, 0) is 9.53 Å². The Morgan fingerprint density at radius 1 is 1.07 bits per heavy atom. The first kappa shape index (κ1) is 30.9. The summed E-state index contributed by atoms with van der Waals surface area (Å²) in [4.78, 5) is 19.4. The second-order valence-electron chi connectivity index (χ2n) is 13.7. The van der Waals surface area contributed by atoms with Gasteiger partial charge in [-0.05, 0) is 94.2 Å². The number of pyridine rings is 1. The molecule has 230 valence electrons. The molecule has 1 aliphatic carbocycles. The molecule has 2 heterocycles. The number of aliphatic carboxylic acids is 1. The zero-order valence-corrected chi connectivity index (χ0v) is 25.9.